The zero-order chi connectivity index (χ0) is 49.7. The summed E-state index contributed by atoms with van der Waals surface area (Å²) in [6.07, 6.45) is -11.7. The van der Waals surface area contributed by atoms with Crippen molar-refractivity contribution in [1.82, 2.24) is 0 Å². The highest BCUT2D eigenvalue weighted by Crippen LogP contribution is 2.57. The van der Waals surface area contributed by atoms with Gasteiger partial charge < -0.3 is 110 Å². The summed E-state index contributed by atoms with van der Waals surface area (Å²) in [5.74, 6) is -30.8. The predicted octanol–water partition coefficient (Wildman–Crippen LogP) is 1.57. The highest BCUT2D eigenvalue weighted by Gasteiger charge is 2.54. The molecule has 27 heteroatoms. The number of hydrogen-bond donors (Lipinski definition) is 16. The fourth-order valence-electron chi connectivity index (χ4n) is 7.55. The van der Waals surface area contributed by atoms with Gasteiger partial charge in [-0.1, -0.05) is 0 Å². The van der Waals surface area contributed by atoms with Gasteiger partial charge in [-0.25, -0.2) is 24.0 Å². The highest BCUT2D eigenvalue weighted by molar-refractivity contribution is 6.10. The lowest BCUT2D eigenvalue weighted by Gasteiger charge is -2.43. The van der Waals surface area contributed by atoms with E-state index in [0.717, 1.165) is 0 Å². The Labute approximate surface area is 373 Å². The van der Waals surface area contributed by atoms with E-state index < -0.39 is 209 Å². The molecule has 68 heavy (non-hydrogen) atoms. The third-order valence-electron chi connectivity index (χ3n) is 10.7. The van der Waals surface area contributed by atoms with Crippen LogP contribution in [-0.4, -0.2) is 149 Å². The molecule has 3 aliphatic heterocycles. The topological polar surface area (TPSA) is 464 Å². The molecule has 3 heterocycles. The van der Waals surface area contributed by atoms with E-state index in [9.17, 15) is 106 Å². The van der Waals surface area contributed by atoms with Crippen molar-refractivity contribution in [3.05, 3.63) is 58.1 Å². The molecule has 1 saturated heterocycles. The number of phenols is 14. The van der Waals surface area contributed by atoms with Crippen LogP contribution in [0.5, 0.6) is 92.0 Å². The van der Waals surface area contributed by atoms with Crippen molar-refractivity contribution >= 4 is 29.8 Å². The van der Waals surface area contributed by atoms with Crippen molar-refractivity contribution in [3.63, 3.8) is 0 Å². The van der Waals surface area contributed by atoms with Gasteiger partial charge >= 0.3 is 29.8 Å². The van der Waals surface area contributed by atoms with Gasteiger partial charge in [0.15, 0.2) is 82.1 Å². The van der Waals surface area contributed by atoms with Gasteiger partial charge in [0, 0.05) is 28.3 Å². The van der Waals surface area contributed by atoms with Gasteiger partial charge in [0.2, 0.25) is 34.5 Å². The third-order valence-corrected chi connectivity index (χ3v) is 10.7. The summed E-state index contributed by atoms with van der Waals surface area (Å²) in [5, 5.41) is 170. The highest BCUT2D eigenvalue weighted by atomic mass is 16.7. The molecule has 5 unspecified atom stereocenters. The third kappa shape index (κ3) is 6.80. The standard InChI is InChI=1S/C41H28O27/c42-12-1-8-18(26(51)22(12)47)19-9(2-13(43)23(48)27(19)52)40(61)68-35-34(67-39(8)60)33-17(64-41(35)62)6-63-37(58)7-4-16(46)32(65-31-11(36(56)57)5-15(45)25(50)30(31)55)29(54)21(7)20-10(38(59)66-33)3-14(44)24(49)28(20)53/h1-5,17,33-35,41-55,62H,6H2,(H,56,57). The summed E-state index contributed by atoms with van der Waals surface area (Å²) in [4.78, 5) is 68.6. The SMILES string of the molecule is O=C(O)c1cc(O)c(O)c(O)c1Oc1c(O)cc2c(c1O)-c1c(cc(O)c(O)c1O)C(=O)OC1C(COC2=O)OC(O)C2OC(=O)c3cc(O)c(O)c(O)c3-c3c(cc(O)c(O)c3O)C(=O)OC21. The van der Waals surface area contributed by atoms with Gasteiger partial charge in [-0.15, -0.1) is 0 Å². The average molecular weight is 953 g/mol. The molecule has 0 saturated carbocycles. The summed E-state index contributed by atoms with van der Waals surface area (Å²) >= 11 is 0. The molecule has 0 radical (unpaired) electrons. The van der Waals surface area contributed by atoms with Crippen LogP contribution in [-0.2, 0) is 23.7 Å². The molecule has 0 aliphatic carbocycles. The lowest BCUT2D eigenvalue weighted by molar-refractivity contribution is -0.284. The van der Waals surface area contributed by atoms with Gasteiger partial charge in [0.25, 0.3) is 0 Å². The summed E-state index contributed by atoms with van der Waals surface area (Å²) in [6, 6.07) is 2.02. The number of fused-ring (bicyclic) bond motifs is 9. The first-order valence-corrected chi connectivity index (χ1v) is 18.7. The van der Waals surface area contributed by atoms with Crippen molar-refractivity contribution in [1.29, 1.82) is 0 Å². The van der Waals surface area contributed by atoms with Crippen LogP contribution in [0.25, 0.3) is 22.3 Å². The van der Waals surface area contributed by atoms with Gasteiger partial charge in [-0.3, -0.25) is 0 Å². The lowest BCUT2D eigenvalue weighted by Crippen LogP contribution is -2.62. The van der Waals surface area contributed by atoms with Gasteiger partial charge in [-0.2, -0.15) is 0 Å². The number of carbonyl (C=O) groups excluding carboxylic acids is 4. The smallest absolute Gasteiger partial charge is 0.339 e. The first-order valence-electron chi connectivity index (χ1n) is 18.7. The van der Waals surface area contributed by atoms with Gasteiger partial charge in [0.05, 0.1) is 22.3 Å². The molecule has 0 aromatic heterocycles. The minimum Gasteiger partial charge on any atom is -0.504 e. The Kier molecular flexibility index (Phi) is 10.5. The van der Waals surface area contributed by atoms with E-state index in [-0.39, 0.29) is 0 Å². The molecule has 1 fully saturated rings. The van der Waals surface area contributed by atoms with Crippen LogP contribution in [0.3, 0.4) is 0 Å². The second-order valence-corrected chi connectivity index (χ2v) is 14.7. The second-order valence-electron chi connectivity index (χ2n) is 14.7. The summed E-state index contributed by atoms with van der Waals surface area (Å²) in [7, 11) is 0. The van der Waals surface area contributed by atoms with E-state index in [4.69, 9.17) is 28.4 Å². The molecule has 8 rings (SSSR count). The van der Waals surface area contributed by atoms with Crippen molar-refractivity contribution in [2.45, 2.75) is 30.7 Å². The quantitative estimate of drug-likeness (QED) is 0.0693. The maximum Gasteiger partial charge on any atom is 0.339 e. The number of esters is 4. The Morgan fingerprint density at radius 2 is 0.838 bits per heavy atom. The number of aromatic hydroxyl groups is 14. The zero-order valence-corrected chi connectivity index (χ0v) is 33.1. The molecule has 0 spiro atoms. The van der Waals surface area contributed by atoms with E-state index in [1.807, 2.05) is 0 Å². The number of aromatic carboxylic acids is 1. The van der Waals surface area contributed by atoms with Crippen LogP contribution in [0.1, 0.15) is 51.8 Å². The van der Waals surface area contributed by atoms with Crippen LogP contribution < -0.4 is 4.74 Å². The van der Waals surface area contributed by atoms with Crippen molar-refractivity contribution in [3.8, 4) is 114 Å². The van der Waals surface area contributed by atoms with Crippen molar-refractivity contribution < 1.29 is 134 Å². The largest absolute Gasteiger partial charge is 0.504 e. The summed E-state index contributed by atoms with van der Waals surface area (Å²) in [5.41, 5.74) is -9.87. The predicted molar refractivity (Wildman–Crippen MR) is 209 cm³/mol. The Bertz CT molecular complexity index is 3100. The zero-order valence-electron chi connectivity index (χ0n) is 33.1. The molecule has 5 atom stereocenters. The average Bonchev–Trinajstić information content (AvgIpc) is 3.29. The number of cyclic esters (lactones) is 1. The molecule has 0 amide bonds. The van der Waals surface area contributed by atoms with Crippen molar-refractivity contribution in [2.75, 3.05) is 6.61 Å². The fourth-order valence-corrected chi connectivity index (χ4v) is 7.55. The van der Waals surface area contributed by atoms with Gasteiger partial charge in [0.1, 0.15) is 18.3 Å². The molecule has 3 aliphatic rings. The Morgan fingerprint density at radius 1 is 0.456 bits per heavy atom. The monoisotopic (exact) mass is 952 g/mol. The maximum absolute atomic E-state index is 14.5. The molecule has 354 valence electrons. The number of ether oxygens (including phenoxy) is 6. The Balaban J connectivity index is 1.31. The van der Waals surface area contributed by atoms with Crippen molar-refractivity contribution in [2.24, 2.45) is 0 Å². The number of carboxylic acids is 1. The minimum absolute atomic E-state index is 0.364. The summed E-state index contributed by atoms with van der Waals surface area (Å²) in [6.45, 7) is -1.22. The van der Waals surface area contributed by atoms with Gasteiger partial charge in [-0.05, 0) is 24.3 Å². The second kappa shape index (κ2) is 15.8. The molecule has 5 aromatic rings. The number of rotatable bonds is 3. The first kappa shape index (κ1) is 45.0. The molecule has 0 bridgehead atoms. The van der Waals surface area contributed by atoms with Crippen LogP contribution >= 0.6 is 0 Å². The number of carbonyl (C=O) groups is 5. The lowest BCUT2D eigenvalue weighted by atomic mass is 9.91. The normalized spacial score (nSPS) is 19.9. The van der Waals surface area contributed by atoms with Crippen LogP contribution in [0.15, 0.2) is 30.3 Å². The van der Waals surface area contributed by atoms with E-state index in [0.29, 0.717) is 30.3 Å². The molecular weight excluding hydrogens is 924 g/mol. The molecular formula is C41H28O27. The van der Waals surface area contributed by atoms with E-state index in [1.54, 1.807) is 0 Å². The summed E-state index contributed by atoms with van der Waals surface area (Å²) < 4.78 is 32.7. The van der Waals surface area contributed by atoms with Crippen LogP contribution in [0.2, 0.25) is 0 Å². The number of hydrogen-bond acceptors (Lipinski definition) is 26. The molecule has 27 nitrogen and oxygen atoms in total. The van der Waals surface area contributed by atoms with E-state index >= 15 is 0 Å². The van der Waals surface area contributed by atoms with Crippen LogP contribution in [0.4, 0.5) is 0 Å². The van der Waals surface area contributed by atoms with Crippen LogP contribution in [0, 0.1) is 0 Å². The number of aliphatic hydroxyl groups excluding tert-OH is 1. The number of benzene rings is 5. The fraction of sp³-hybridized carbons (Fsp3) is 0.146. The number of phenolic OH excluding ortho intramolecular Hbond substituents is 14. The number of carboxylic acid groups (broad SMARTS) is 1. The minimum atomic E-state index is -2.51. The Hall–Kier alpha value is -9.63. The van der Waals surface area contributed by atoms with E-state index in [1.165, 1.54) is 0 Å². The number of aliphatic hydroxyl groups is 1. The molecule has 5 aromatic carbocycles. The Morgan fingerprint density at radius 3 is 1.31 bits per heavy atom. The first-order chi connectivity index (χ1) is 31.9. The maximum atomic E-state index is 14.5. The van der Waals surface area contributed by atoms with E-state index in [2.05, 4.69) is 0 Å². The molecule has 16 N–H and O–H groups in total.